The number of nitrogens with zero attached hydrogens (tertiary/aromatic N) is 3. The highest BCUT2D eigenvalue weighted by Gasteiger charge is 2.13. The minimum absolute atomic E-state index is 0.122. The largest absolute Gasteiger partial charge is 0.461 e. The zero-order valence-corrected chi connectivity index (χ0v) is 11.9. The molecule has 0 fully saturated rings. The third-order valence-electron chi connectivity index (χ3n) is 3.10. The first-order chi connectivity index (χ1) is 10.9. The van der Waals surface area contributed by atoms with Crippen LogP contribution in [0.3, 0.4) is 0 Å². The highest BCUT2D eigenvalue weighted by Crippen LogP contribution is 2.25. The Kier molecular flexibility index (Phi) is 4.41. The molecule has 0 aliphatic heterocycles. The summed E-state index contributed by atoms with van der Waals surface area (Å²) >= 11 is 0. The standard InChI is InChI=1S/C16H16N4O2/c21-10-5-9-17-16-14(12-6-2-1-3-7-12)19-20-15(18-16)13-8-4-11-22-13/h1-4,6-8,11,21H,5,9-10H2,(H,17,18,20). The summed E-state index contributed by atoms with van der Waals surface area (Å²) in [6, 6.07) is 13.3. The zero-order chi connectivity index (χ0) is 15.2. The Hall–Kier alpha value is -2.73. The molecule has 2 heterocycles. The van der Waals surface area contributed by atoms with E-state index in [1.165, 1.54) is 0 Å². The number of aromatic nitrogens is 3. The fraction of sp³-hybridized carbons (Fsp3) is 0.188. The lowest BCUT2D eigenvalue weighted by Gasteiger charge is -2.10. The fourth-order valence-corrected chi connectivity index (χ4v) is 2.04. The summed E-state index contributed by atoms with van der Waals surface area (Å²) < 4.78 is 5.31. The van der Waals surface area contributed by atoms with Gasteiger partial charge in [0, 0.05) is 18.7 Å². The molecule has 0 aliphatic rings. The van der Waals surface area contributed by atoms with Gasteiger partial charge in [-0.3, -0.25) is 0 Å². The van der Waals surface area contributed by atoms with Gasteiger partial charge in [0.1, 0.15) is 5.69 Å². The van der Waals surface area contributed by atoms with Gasteiger partial charge in [0.2, 0.25) is 5.82 Å². The van der Waals surface area contributed by atoms with E-state index in [4.69, 9.17) is 9.52 Å². The third-order valence-corrected chi connectivity index (χ3v) is 3.10. The van der Waals surface area contributed by atoms with Crippen molar-refractivity contribution in [1.82, 2.24) is 15.2 Å². The molecular weight excluding hydrogens is 280 g/mol. The molecule has 1 aromatic carbocycles. The van der Waals surface area contributed by atoms with E-state index in [2.05, 4.69) is 20.5 Å². The van der Waals surface area contributed by atoms with Crippen LogP contribution in [-0.4, -0.2) is 33.4 Å². The molecule has 0 unspecified atom stereocenters. The van der Waals surface area contributed by atoms with Crippen LogP contribution in [-0.2, 0) is 0 Å². The summed E-state index contributed by atoms with van der Waals surface area (Å²) in [6.07, 6.45) is 2.21. The molecular formula is C16H16N4O2. The molecule has 0 radical (unpaired) electrons. The molecule has 0 saturated heterocycles. The van der Waals surface area contributed by atoms with Crippen molar-refractivity contribution in [3.05, 3.63) is 48.7 Å². The van der Waals surface area contributed by atoms with Crippen LogP contribution in [0.25, 0.3) is 22.8 Å². The van der Waals surface area contributed by atoms with Crippen molar-refractivity contribution in [2.24, 2.45) is 0 Å². The van der Waals surface area contributed by atoms with Crippen LogP contribution in [0.1, 0.15) is 6.42 Å². The third kappa shape index (κ3) is 3.12. The Labute approximate surface area is 127 Å². The van der Waals surface area contributed by atoms with Crippen molar-refractivity contribution in [2.45, 2.75) is 6.42 Å². The summed E-state index contributed by atoms with van der Waals surface area (Å²) in [5.74, 6) is 1.62. The second-order valence-electron chi connectivity index (χ2n) is 4.68. The predicted molar refractivity (Wildman–Crippen MR) is 83.2 cm³/mol. The van der Waals surface area contributed by atoms with Crippen molar-refractivity contribution >= 4 is 5.82 Å². The van der Waals surface area contributed by atoms with Crippen molar-refractivity contribution < 1.29 is 9.52 Å². The van der Waals surface area contributed by atoms with E-state index < -0.39 is 0 Å². The number of furan rings is 1. The number of aliphatic hydroxyl groups is 1. The van der Waals surface area contributed by atoms with Crippen LogP contribution in [0.2, 0.25) is 0 Å². The maximum absolute atomic E-state index is 8.93. The summed E-state index contributed by atoms with van der Waals surface area (Å²) in [7, 11) is 0. The van der Waals surface area contributed by atoms with Gasteiger partial charge in [0.15, 0.2) is 11.6 Å². The first-order valence-electron chi connectivity index (χ1n) is 7.07. The molecule has 0 saturated carbocycles. The Bertz CT molecular complexity index is 714. The molecule has 0 amide bonds. The van der Waals surface area contributed by atoms with E-state index in [-0.39, 0.29) is 6.61 Å². The summed E-state index contributed by atoms with van der Waals surface area (Å²) in [5.41, 5.74) is 1.61. The summed E-state index contributed by atoms with van der Waals surface area (Å²) in [6.45, 7) is 0.726. The predicted octanol–water partition coefficient (Wildman–Crippen LogP) is 2.59. The summed E-state index contributed by atoms with van der Waals surface area (Å²) in [4.78, 5) is 4.50. The zero-order valence-electron chi connectivity index (χ0n) is 11.9. The van der Waals surface area contributed by atoms with Gasteiger partial charge in [-0.25, -0.2) is 4.98 Å². The second kappa shape index (κ2) is 6.82. The van der Waals surface area contributed by atoms with Crippen LogP contribution in [0.5, 0.6) is 0 Å². The molecule has 3 aromatic rings. The molecule has 2 aromatic heterocycles. The molecule has 0 atom stereocenters. The molecule has 0 bridgehead atoms. The van der Waals surface area contributed by atoms with Gasteiger partial charge in [-0.2, -0.15) is 0 Å². The van der Waals surface area contributed by atoms with E-state index in [1.54, 1.807) is 18.4 Å². The Morgan fingerprint density at radius 2 is 1.91 bits per heavy atom. The van der Waals surface area contributed by atoms with Crippen molar-refractivity contribution in [1.29, 1.82) is 0 Å². The molecule has 3 rings (SSSR count). The average molecular weight is 296 g/mol. The van der Waals surface area contributed by atoms with Gasteiger partial charge in [0.05, 0.1) is 6.26 Å². The fourth-order valence-electron chi connectivity index (χ4n) is 2.04. The first-order valence-corrected chi connectivity index (χ1v) is 7.07. The van der Waals surface area contributed by atoms with Gasteiger partial charge in [-0.15, -0.1) is 10.2 Å². The molecule has 2 N–H and O–H groups in total. The van der Waals surface area contributed by atoms with Gasteiger partial charge >= 0.3 is 0 Å². The molecule has 6 heteroatoms. The Morgan fingerprint density at radius 1 is 1.05 bits per heavy atom. The highest BCUT2D eigenvalue weighted by atomic mass is 16.3. The van der Waals surface area contributed by atoms with Crippen LogP contribution in [0.15, 0.2) is 53.1 Å². The lowest BCUT2D eigenvalue weighted by atomic mass is 10.1. The van der Waals surface area contributed by atoms with E-state index in [9.17, 15) is 0 Å². The van der Waals surface area contributed by atoms with Gasteiger partial charge < -0.3 is 14.8 Å². The molecule has 112 valence electrons. The number of hydrogen-bond acceptors (Lipinski definition) is 6. The molecule has 0 aliphatic carbocycles. The average Bonchev–Trinajstić information content (AvgIpc) is 3.10. The van der Waals surface area contributed by atoms with Crippen LogP contribution >= 0.6 is 0 Å². The maximum atomic E-state index is 8.93. The van der Waals surface area contributed by atoms with Gasteiger partial charge in [-0.05, 0) is 18.6 Å². The number of hydrogen-bond donors (Lipinski definition) is 2. The smallest absolute Gasteiger partial charge is 0.219 e. The van der Waals surface area contributed by atoms with E-state index in [0.29, 0.717) is 36.1 Å². The van der Waals surface area contributed by atoms with E-state index >= 15 is 0 Å². The summed E-state index contributed by atoms with van der Waals surface area (Å²) in [5, 5.41) is 20.6. The lowest BCUT2D eigenvalue weighted by molar-refractivity contribution is 0.292. The van der Waals surface area contributed by atoms with Crippen molar-refractivity contribution in [3.63, 3.8) is 0 Å². The van der Waals surface area contributed by atoms with Crippen LogP contribution < -0.4 is 5.32 Å². The Balaban J connectivity index is 1.98. The number of aliphatic hydroxyl groups excluding tert-OH is 1. The monoisotopic (exact) mass is 296 g/mol. The quantitative estimate of drug-likeness (QED) is 0.680. The highest BCUT2D eigenvalue weighted by molar-refractivity contribution is 5.72. The first kappa shape index (κ1) is 14.2. The minimum Gasteiger partial charge on any atom is -0.461 e. The number of nitrogens with one attached hydrogen (secondary N) is 1. The van der Waals surface area contributed by atoms with Gasteiger partial charge in [-0.1, -0.05) is 30.3 Å². The number of rotatable bonds is 6. The maximum Gasteiger partial charge on any atom is 0.219 e. The molecule has 22 heavy (non-hydrogen) atoms. The number of anilines is 1. The van der Waals surface area contributed by atoms with Crippen LogP contribution in [0, 0.1) is 0 Å². The number of benzene rings is 1. The second-order valence-corrected chi connectivity index (χ2v) is 4.68. The SMILES string of the molecule is OCCCNc1nc(-c2ccco2)nnc1-c1ccccc1. The normalized spacial score (nSPS) is 10.6. The van der Waals surface area contributed by atoms with E-state index in [0.717, 1.165) is 5.56 Å². The van der Waals surface area contributed by atoms with Crippen LogP contribution in [0.4, 0.5) is 5.82 Å². The minimum atomic E-state index is 0.122. The van der Waals surface area contributed by atoms with Crippen molar-refractivity contribution in [2.75, 3.05) is 18.5 Å². The molecule has 6 nitrogen and oxygen atoms in total. The van der Waals surface area contributed by atoms with Gasteiger partial charge in [0.25, 0.3) is 0 Å². The van der Waals surface area contributed by atoms with Crippen molar-refractivity contribution in [3.8, 4) is 22.8 Å². The Morgan fingerprint density at radius 3 is 2.64 bits per heavy atom. The molecule has 0 spiro atoms. The van der Waals surface area contributed by atoms with E-state index in [1.807, 2.05) is 30.3 Å². The topological polar surface area (TPSA) is 84.1 Å². The lowest BCUT2D eigenvalue weighted by Crippen LogP contribution is -2.09.